The van der Waals surface area contributed by atoms with E-state index in [2.05, 4.69) is 15.3 Å². The molecule has 2 N–H and O–H groups in total. The predicted molar refractivity (Wildman–Crippen MR) is 80.6 cm³/mol. The molecule has 2 aromatic rings. The van der Waals surface area contributed by atoms with Crippen LogP contribution in [-0.2, 0) is 5.60 Å². The molecule has 1 unspecified atom stereocenters. The van der Waals surface area contributed by atoms with Gasteiger partial charge in [-0.05, 0) is 19.9 Å². The van der Waals surface area contributed by atoms with Gasteiger partial charge >= 0.3 is 0 Å². The molecule has 0 aliphatic carbocycles. The highest BCUT2D eigenvalue weighted by molar-refractivity contribution is 6.30. The Bertz CT molecular complexity index is 695. The van der Waals surface area contributed by atoms with Gasteiger partial charge in [-0.15, -0.1) is 5.10 Å². The number of hydrogen-bond acceptors (Lipinski definition) is 4. The topological polar surface area (TPSA) is 87.0 Å². The van der Waals surface area contributed by atoms with Gasteiger partial charge in [0.25, 0.3) is 5.91 Å². The molecule has 0 spiro atoms. The van der Waals surface area contributed by atoms with Crippen molar-refractivity contribution >= 4 is 17.5 Å². The fraction of sp³-hybridized carbons (Fsp3) is 0.500. The molecule has 2 aromatic heterocycles. The largest absolute Gasteiger partial charge is 0.381 e. The number of H-pyrrole nitrogens is 1. The summed E-state index contributed by atoms with van der Waals surface area (Å²) in [5.74, 6) is -0.181. The molecule has 0 bridgehead atoms. The molecule has 8 heteroatoms. The molecule has 0 radical (unpaired) electrons. The van der Waals surface area contributed by atoms with Gasteiger partial charge in [-0.1, -0.05) is 16.8 Å². The zero-order valence-electron chi connectivity index (χ0n) is 12.5. The van der Waals surface area contributed by atoms with E-state index in [1.165, 1.54) is 0 Å². The Morgan fingerprint density at radius 2 is 2.32 bits per heavy atom. The normalized spacial score (nSPS) is 21.8. The Balaban J connectivity index is 1.76. The van der Waals surface area contributed by atoms with Crippen molar-refractivity contribution in [1.29, 1.82) is 0 Å². The van der Waals surface area contributed by atoms with Crippen molar-refractivity contribution in [3.8, 4) is 0 Å². The highest BCUT2D eigenvalue weighted by Gasteiger charge is 2.42. The number of aliphatic hydroxyl groups is 1. The van der Waals surface area contributed by atoms with Crippen LogP contribution in [0.3, 0.4) is 0 Å². The van der Waals surface area contributed by atoms with Crippen LogP contribution >= 0.6 is 11.6 Å². The average Bonchev–Trinajstić information content (AvgIpc) is 3.17. The first-order valence-corrected chi connectivity index (χ1v) is 7.55. The van der Waals surface area contributed by atoms with Crippen molar-refractivity contribution in [2.24, 2.45) is 0 Å². The van der Waals surface area contributed by atoms with E-state index < -0.39 is 5.60 Å². The van der Waals surface area contributed by atoms with Crippen molar-refractivity contribution in [2.75, 3.05) is 13.1 Å². The van der Waals surface area contributed by atoms with Gasteiger partial charge in [-0.2, -0.15) is 0 Å². The van der Waals surface area contributed by atoms with Gasteiger partial charge in [0.05, 0.1) is 17.8 Å². The standard InChI is InChI=1S/C14H18ClN5O2/c1-9(2)20-7-12(17-18-20)14(22)3-4-19(8-14)13(21)11-5-10(15)6-16-11/h5-7,9,16,22H,3-4,8H2,1-2H3. The van der Waals surface area contributed by atoms with Crippen molar-refractivity contribution in [3.63, 3.8) is 0 Å². The number of hydrogen-bond donors (Lipinski definition) is 2. The zero-order valence-corrected chi connectivity index (χ0v) is 13.2. The Morgan fingerprint density at radius 1 is 1.55 bits per heavy atom. The predicted octanol–water partition coefficient (Wildman–Crippen LogP) is 1.57. The molecule has 118 valence electrons. The summed E-state index contributed by atoms with van der Waals surface area (Å²) in [6.45, 7) is 4.63. The van der Waals surface area contributed by atoms with Gasteiger partial charge in [-0.25, -0.2) is 4.68 Å². The molecule has 3 rings (SSSR count). The minimum Gasteiger partial charge on any atom is -0.381 e. The number of rotatable bonds is 3. The molecule has 1 aliphatic rings. The van der Waals surface area contributed by atoms with Crippen molar-refractivity contribution in [3.05, 3.63) is 34.9 Å². The first-order valence-electron chi connectivity index (χ1n) is 7.17. The van der Waals surface area contributed by atoms with Crippen LogP contribution in [0.4, 0.5) is 0 Å². The number of aromatic nitrogens is 4. The van der Waals surface area contributed by atoms with Crippen LogP contribution in [0.5, 0.6) is 0 Å². The number of aromatic amines is 1. The van der Waals surface area contributed by atoms with E-state index in [9.17, 15) is 9.90 Å². The lowest BCUT2D eigenvalue weighted by molar-refractivity contribution is 0.0380. The lowest BCUT2D eigenvalue weighted by Gasteiger charge is -2.20. The number of halogens is 1. The molecule has 0 saturated carbocycles. The maximum atomic E-state index is 12.4. The summed E-state index contributed by atoms with van der Waals surface area (Å²) in [5.41, 5.74) is -0.236. The summed E-state index contributed by atoms with van der Waals surface area (Å²) in [6.07, 6.45) is 3.74. The highest BCUT2D eigenvalue weighted by atomic mass is 35.5. The van der Waals surface area contributed by atoms with E-state index in [-0.39, 0.29) is 18.5 Å². The minimum atomic E-state index is -1.15. The molecule has 0 aromatic carbocycles. The molecule has 3 heterocycles. The van der Waals surface area contributed by atoms with Crippen LogP contribution in [0.15, 0.2) is 18.5 Å². The summed E-state index contributed by atoms with van der Waals surface area (Å²) < 4.78 is 1.70. The van der Waals surface area contributed by atoms with E-state index in [0.29, 0.717) is 29.4 Å². The molecule has 1 amide bonds. The SMILES string of the molecule is CC(C)n1cc(C2(O)CCN(C(=O)c3cc(Cl)c[nH]3)C2)nn1. The Labute approximate surface area is 132 Å². The first kappa shape index (κ1) is 15.1. The summed E-state index contributed by atoms with van der Waals surface area (Å²) in [6, 6.07) is 1.75. The number of carbonyl (C=O) groups excluding carboxylic acids is 1. The minimum absolute atomic E-state index is 0.171. The van der Waals surface area contributed by atoms with E-state index in [4.69, 9.17) is 11.6 Å². The number of nitrogens with zero attached hydrogens (tertiary/aromatic N) is 4. The molecule has 22 heavy (non-hydrogen) atoms. The molecular weight excluding hydrogens is 306 g/mol. The molecule has 1 atom stereocenters. The lowest BCUT2D eigenvalue weighted by atomic mass is 10.00. The van der Waals surface area contributed by atoms with Crippen molar-refractivity contribution in [2.45, 2.75) is 31.9 Å². The Hall–Kier alpha value is -1.86. The van der Waals surface area contributed by atoms with Gasteiger partial charge in [0.1, 0.15) is 17.0 Å². The third kappa shape index (κ3) is 2.62. The van der Waals surface area contributed by atoms with Crippen LogP contribution in [-0.4, -0.2) is 49.0 Å². The van der Waals surface area contributed by atoms with Gasteiger partial charge in [0, 0.05) is 25.2 Å². The maximum absolute atomic E-state index is 12.4. The summed E-state index contributed by atoms with van der Waals surface area (Å²) in [4.78, 5) is 16.8. The fourth-order valence-electron chi connectivity index (χ4n) is 2.58. The van der Waals surface area contributed by atoms with E-state index in [0.717, 1.165) is 0 Å². The lowest BCUT2D eigenvalue weighted by Crippen LogP contribution is -2.34. The Kier molecular flexibility index (Phi) is 3.70. The van der Waals surface area contributed by atoms with E-state index in [1.807, 2.05) is 13.8 Å². The monoisotopic (exact) mass is 323 g/mol. The Morgan fingerprint density at radius 3 is 2.91 bits per heavy atom. The van der Waals surface area contributed by atoms with Crippen molar-refractivity contribution < 1.29 is 9.90 Å². The number of carbonyl (C=O) groups is 1. The molecular formula is C14H18ClN5O2. The third-order valence-electron chi connectivity index (χ3n) is 3.93. The summed E-state index contributed by atoms with van der Waals surface area (Å²) in [7, 11) is 0. The highest BCUT2D eigenvalue weighted by Crippen LogP contribution is 2.31. The number of β-amino-alcohol motifs (C(OH)–C–C–N with tert-alkyl or cyclic N) is 1. The average molecular weight is 324 g/mol. The van der Waals surface area contributed by atoms with Gasteiger partial charge in [0.2, 0.25) is 0 Å². The maximum Gasteiger partial charge on any atom is 0.270 e. The van der Waals surface area contributed by atoms with Gasteiger partial charge < -0.3 is 15.0 Å². The summed E-state index contributed by atoms with van der Waals surface area (Å²) >= 11 is 5.82. The van der Waals surface area contributed by atoms with Crippen molar-refractivity contribution in [1.82, 2.24) is 24.9 Å². The molecule has 1 aliphatic heterocycles. The first-order chi connectivity index (χ1) is 10.4. The zero-order chi connectivity index (χ0) is 15.9. The molecule has 1 fully saturated rings. The van der Waals surface area contributed by atoms with Gasteiger partial charge in [0.15, 0.2) is 0 Å². The fourth-order valence-corrected chi connectivity index (χ4v) is 2.74. The van der Waals surface area contributed by atoms with Gasteiger partial charge in [-0.3, -0.25) is 4.79 Å². The third-order valence-corrected chi connectivity index (χ3v) is 4.15. The molecule has 7 nitrogen and oxygen atoms in total. The second-order valence-corrected chi connectivity index (χ2v) is 6.35. The molecule has 1 saturated heterocycles. The van der Waals surface area contributed by atoms with Crippen LogP contribution < -0.4 is 0 Å². The number of likely N-dealkylation sites (tertiary alicyclic amines) is 1. The second kappa shape index (κ2) is 5.40. The quantitative estimate of drug-likeness (QED) is 0.897. The van der Waals surface area contributed by atoms with Crippen LogP contribution in [0.1, 0.15) is 42.5 Å². The van der Waals surface area contributed by atoms with E-state index in [1.54, 1.807) is 28.0 Å². The van der Waals surface area contributed by atoms with Crippen LogP contribution in [0.2, 0.25) is 5.02 Å². The number of amides is 1. The second-order valence-electron chi connectivity index (χ2n) is 5.92. The smallest absolute Gasteiger partial charge is 0.270 e. The number of nitrogens with one attached hydrogen (secondary N) is 1. The van der Waals surface area contributed by atoms with Crippen LogP contribution in [0.25, 0.3) is 0 Å². The van der Waals surface area contributed by atoms with Crippen LogP contribution in [0, 0.1) is 0 Å². The van der Waals surface area contributed by atoms with E-state index >= 15 is 0 Å². The summed E-state index contributed by atoms with van der Waals surface area (Å²) in [5, 5.41) is 19.3.